The number of carbonyl (C=O) groups excluding carboxylic acids is 1. The SMILES string of the molecule is CCc1ccc(-c2nc(C)c(C(=O)N3CCN(C)CC3)s2)cc1. The van der Waals surface area contributed by atoms with Gasteiger partial charge in [0.05, 0.1) is 5.69 Å². The average molecular weight is 329 g/mol. The van der Waals surface area contributed by atoms with Crippen LogP contribution in [0, 0.1) is 6.92 Å². The molecule has 1 aromatic carbocycles. The zero-order valence-corrected chi connectivity index (χ0v) is 14.8. The van der Waals surface area contributed by atoms with Gasteiger partial charge in [0.2, 0.25) is 0 Å². The Balaban J connectivity index is 1.81. The van der Waals surface area contributed by atoms with Gasteiger partial charge >= 0.3 is 0 Å². The Bertz CT molecular complexity index is 685. The molecule has 1 aliphatic rings. The predicted molar refractivity (Wildman–Crippen MR) is 95.1 cm³/mol. The highest BCUT2D eigenvalue weighted by atomic mass is 32.1. The molecule has 1 fully saturated rings. The van der Waals surface area contributed by atoms with Crippen molar-refractivity contribution in [3.05, 3.63) is 40.4 Å². The van der Waals surface area contributed by atoms with E-state index in [4.69, 9.17) is 0 Å². The number of rotatable bonds is 3. The van der Waals surface area contributed by atoms with Crippen LogP contribution in [0.3, 0.4) is 0 Å². The second kappa shape index (κ2) is 6.81. The highest BCUT2D eigenvalue weighted by Crippen LogP contribution is 2.29. The summed E-state index contributed by atoms with van der Waals surface area (Å²) in [5.74, 6) is 0.129. The third-order valence-corrected chi connectivity index (χ3v) is 5.58. The predicted octanol–water partition coefficient (Wildman–Crippen LogP) is 3.07. The van der Waals surface area contributed by atoms with Crippen molar-refractivity contribution >= 4 is 17.2 Å². The van der Waals surface area contributed by atoms with Gasteiger partial charge in [0, 0.05) is 31.7 Å². The number of benzene rings is 1. The molecule has 0 unspecified atom stereocenters. The molecule has 1 saturated heterocycles. The number of carbonyl (C=O) groups is 1. The van der Waals surface area contributed by atoms with Crippen molar-refractivity contribution in [3.8, 4) is 10.6 Å². The van der Waals surface area contributed by atoms with Crippen LogP contribution in [0.25, 0.3) is 10.6 Å². The van der Waals surface area contributed by atoms with E-state index in [-0.39, 0.29) is 5.91 Å². The molecule has 23 heavy (non-hydrogen) atoms. The van der Waals surface area contributed by atoms with E-state index in [0.717, 1.165) is 53.7 Å². The fraction of sp³-hybridized carbons (Fsp3) is 0.444. The number of likely N-dealkylation sites (N-methyl/N-ethyl adjacent to an activating group) is 1. The van der Waals surface area contributed by atoms with Crippen molar-refractivity contribution in [2.45, 2.75) is 20.3 Å². The monoisotopic (exact) mass is 329 g/mol. The minimum absolute atomic E-state index is 0.129. The molecule has 2 aromatic rings. The largest absolute Gasteiger partial charge is 0.335 e. The van der Waals surface area contributed by atoms with Gasteiger partial charge in [0.25, 0.3) is 5.91 Å². The molecule has 1 amide bonds. The van der Waals surface area contributed by atoms with E-state index in [1.54, 1.807) is 0 Å². The summed E-state index contributed by atoms with van der Waals surface area (Å²) in [6.45, 7) is 7.56. The number of nitrogens with zero attached hydrogens (tertiary/aromatic N) is 3. The van der Waals surface area contributed by atoms with E-state index in [9.17, 15) is 4.79 Å². The van der Waals surface area contributed by atoms with Crippen LogP contribution in [0.15, 0.2) is 24.3 Å². The number of hydrogen-bond acceptors (Lipinski definition) is 4. The van der Waals surface area contributed by atoms with Crippen LogP contribution in [-0.2, 0) is 6.42 Å². The summed E-state index contributed by atoms with van der Waals surface area (Å²) < 4.78 is 0. The first kappa shape index (κ1) is 16.1. The fourth-order valence-corrected chi connectivity index (χ4v) is 3.79. The van der Waals surface area contributed by atoms with Gasteiger partial charge in [0.15, 0.2) is 0 Å². The Morgan fingerprint density at radius 2 is 1.83 bits per heavy atom. The lowest BCUT2D eigenvalue weighted by Gasteiger charge is -2.32. The maximum atomic E-state index is 12.8. The number of aryl methyl sites for hydroxylation is 2. The molecule has 1 aromatic heterocycles. The molecule has 2 heterocycles. The third kappa shape index (κ3) is 3.46. The van der Waals surface area contributed by atoms with E-state index >= 15 is 0 Å². The topological polar surface area (TPSA) is 36.4 Å². The maximum Gasteiger partial charge on any atom is 0.265 e. The van der Waals surface area contributed by atoms with Gasteiger partial charge in [0.1, 0.15) is 9.88 Å². The van der Waals surface area contributed by atoms with Gasteiger partial charge in [-0.15, -0.1) is 11.3 Å². The van der Waals surface area contributed by atoms with Crippen molar-refractivity contribution in [2.75, 3.05) is 33.2 Å². The molecule has 0 N–H and O–H groups in total. The number of amides is 1. The summed E-state index contributed by atoms with van der Waals surface area (Å²) in [6.07, 6.45) is 1.03. The highest BCUT2D eigenvalue weighted by molar-refractivity contribution is 7.17. The lowest BCUT2D eigenvalue weighted by atomic mass is 10.1. The van der Waals surface area contributed by atoms with Crippen LogP contribution >= 0.6 is 11.3 Å². The van der Waals surface area contributed by atoms with Crippen molar-refractivity contribution in [1.29, 1.82) is 0 Å². The fourth-order valence-electron chi connectivity index (χ4n) is 2.75. The first-order valence-electron chi connectivity index (χ1n) is 8.13. The summed E-state index contributed by atoms with van der Waals surface area (Å²) in [5.41, 5.74) is 3.25. The van der Waals surface area contributed by atoms with Crippen molar-refractivity contribution in [1.82, 2.24) is 14.8 Å². The maximum absolute atomic E-state index is 12.8. The first-order valence-corrected chi connectivity index (χ1v) is 8.94. The van der Waals surface area contributed by atoms with Gasteiger partial charge in [-0.1, -0.05) is 31.2 Å². The van der Waals surface area contributed by atoms with Crippen LogP contribution in [0.4, 0.5) is 0 Å². The molecular weight excluding hydrogens is 306 g/mol. The molecule has 122 valence electrons. The zero-order chi connectivity index (χ0) is 16.4. The smallest absolute Gasteiger partial charge is 0.265 e. The van der Waals surface area contributed by atoms with Gasteiger partial charge in [-0.25, -0.2) is 4.98 Å². The zero-order valence-electron chi connectivity index (χ0n) is 14.0. The minimum atomic E-state index is 0.129. The van der Waals surface area contributed by atoms with Crippen molar-refractivity contribution in [2.24, 2.45) is 0 Å². The molecule has 0 spiro atoms. The third-order valence-electron chi connectivity index (χ3n) is 4.39. The van der Waals surface area contributed by atoms with Gasteiger partial charge in [-0.3, -0.25) is 4.79 Å². The van der Waals surface area contributed by atoms with E-state index in [1.165, 1.54) is 16.9 Å². The summed E-state index contributed by atoms with van der Waals surface area (Å²) in [4.78, 5) is 22.4. The summed E-state index contributed by atoms with van der Waals surface area (Å²) in [7, 11) is 2.10. The Kier molecular flexibility index (Phi) is 4.78. The summed E-state index contributed by atoms with van der Waals surface area (Å²) >= 11 is 1.51. The van der Waals surface area contributed by atoms with E-state index in [1.807, 2.05) is 11.8 Å². The molecule has 4 nitrogen and oxygen atoms in total. The summed E-state index contributed by atoms with van der Waals surface area (Å²) in [6, 6.07) is 8.46. The van der Waals surface area contributed by atoms with Crippen LogP contribution in [0.1, 0.15) is 27.9 Å². The van der Waals surface area contributed by atoms with Crippen LogP contribution in [0.2, 0.25) is 0 Å². The quantitative estimate of drug-likeness (QED) is 0.868. The Morgan fingerprint density at radius 3 is 2.43 bits per heavy atom. The lowest BCUT2D eigenvalue weighted by Crippen LogP contribution is -2.47. The average Bonchev–Trinajstić information content (AvgIpc) is 2.97. The Labute approximate surface area is 141 Å². The normalized spacial score (nSPS) is 15.9. The number of hydrogen-bond donors (Lipinski definition) is 0. The van der Waals surface area contributed by atoms with Crippen molar-refractivity contribution in [3.63, 3.8) is 0 Å². The summed E-state index contributed by atoms with van der Waals surface area (Å²) in [5, 5.41) is 0.933. The molecule has 3 rings (SSSR count). The second-order valence-electron chi connectivity index (χ2n) is 6.08. The molecule has 0 bridgehead atoms. The minimum Gasteiger partial charge on any atom is -0.335 e. The number of thiazole rings is 1. The molecule has 0 saturated carbocycles. The molecule has 0 aliphatic carbocycles. The van der Waals surface area contributed by atoms with Crippen LogP contribution < -0.4 is 0 Å². The molecule has 5 heteroatoms. The lowest BCUT2D eigenvalue weighted by molar-refractivity contribution is 0.0668. The van der Waals surface area contributed by atoms with E-state index < -0.39 is 0 Å². The Morgan fingerprint density at radius 1 is 1.17 bits per heavy atom. The van der Waals surface area contributed by atoms with E-state index in [0.29, 0.717) is 0 Å². The number of aromatic nitrogens is 1. The van der Waals surface area contributed by atoms with Gasteiger partial charge < -0.3 is 9.80 Å². The van der Waals surface area contributed by atoms with Crippen LogP contribution in [0.5, 0.6) is 0 Å². The molecular formula is C18H23N3OS. The van der Waals surface area contributed by atoms with Gasteiger partial charge in [-0.2, -0.15) is 0 Å². The molecule has 0 atom stereocenters. The van der Waals surface area contributed by atoms with Crippen LogP contribution in [-0.4, -0.2) is 53.9 Å². The first-order chi connectivity index (χ1) is 11.1. The Hall–Kier alpha value is -1.72. The van der Waals surface area contributed by atoms with E-state index in [2.05, 4.69) is 48.1 Å². The highest BCUT2D eigenvalue weighted by Gasteiger charge is 2.24. The van der Waals surface area contributed by atoms with Gasteiger partial charge in [-0.05, 0) is 26.0 Å². The molecule has 0 radical (unpaired) electrons. The van der Waals surface area contributed by atoms with Crippen molar-refractivity contribution < 1.29 is 4.79 Å². The molecule has 1 aliphatic heterocycles. The standard InChI is InChI=1S/C18H23N3OS/c1-4-14-5-7-15(8-6-14)17-19-13(2)16(23-17)18(22)21-11-9-20(3)10-12-21/h5-8H,4,9-12H2,1-3H3. The number of piperazine rings is 1. The second-order valence-corrected chi connectivity index (χ2v) is 7.08.